The molecule has 1 N–H and O–H groups in total. The second-order valence-electron chi connectivity index (χ2n) is 4.56. The minimum absolute atomic E-state index is 0.112. The van der Waals surface area contributed by atoms with Gasteiger partial charge in [-0.25, -0.2) is 0 Å². The number of ketones is 1. The molecule has 0 aromatic carbocycles. The second-order valence-corrected chi connectivity index (χ2v) is 4.56. The number of rotatable bonds is 2. The number of hydrogen-bond acceptors (Lipinski definition) is 3. The first-order valence-corrected chi connectivity index (χ1v) is 6.33. The molecule has 3 heteroatoms. The molecule has 2 aliphatic heterocycles. The molecule has 2 saturated heterocycles. The number of nitrogens with zero attached hydrogens (tertiary/aromatic N) is 1. The van der Waals surface area contributed by atoms with Crippen molar-refractivity contribution in [3.63, 3.8) is 0 Å². The van der Waals surface area contributed by atoms with E-state index < -0.39 is 0 Å². The summed E-state index contributed by atoms with van der Waals surface area (Å²) in [5.41, 5.74) is 0. The van der Waals surface area contributed by atoms with Gasteiger partial charge in [-0.15, -0.1) is 0 Å². The van der Waals surface area contributed by atoms with Gasteiger partial charge in [0.25, 0.3) is 0 Å². The lowest BCUT2D eigenvalue weighted by Gasteiger charge is -2.30. The number of nitrogens with one attached hydrogen (secondary N) is 1. The molecule has 0 radical (unpaired) electrons. The molecule has 2 aliphatic rings. The van der Waals surface area contributed by atoms with Crippen molar-refractivity contribution in [2.45, 2.75) is 38.1 Å². The molecule has 3 nitrogen and oxygen atoms in total. The maximum Gasteiger partial charge on any atom is 0.172 e. The lowest BCUT2D eigenvalue weighted by Crippen LogP contribution is -2.41. The Hall–Kier alpha value is -0.670. The van der Waals surface area contributed by atoms with E-state index >= 15 is 0 Å². The molecule has 0 amide bonds. The van der Waals surface area contributed by atoms with Crippen LogP contribution in [0.4, 0.5) is 0 Å². The first-order valence-electron chi connectivity index (χ1n) is 6.33. The van der Waals surface area contributed by atoms with Crippen LogP contribution in [0.1, 0.15) is 32.1 Å². The number of hydrogen-bond donors (Lipinski definition) is 1. The summed E-state index contributed by atoms with van der Waals surface area (Å²) < 4.78 is 0. The summed E-state index contributed by atoms with van der Waals surface area (Å²) in [5, 5.41) is 3.22. The highest BCUT2D eigenvalue weighted by molar-refractivity contribution is 5.93. The Balaban J connectivity index is 0.000000212. The summed E-state index contributed by atoms with van der Waals surface area (Å²) in [6, 6.07) is 0.112. The average molecular weight is 224 g/mol. The predicted octanol–water partition coefficient (Wildman–Crippen LogP) is 1.60. The van der Waals surface area contributed by atoms with Crippen LogP contribution in [0, 0.1) is 0 Å². The van der Waals surface area contributed by atoms with Crippen molar-refractivity contribution in [3.8, 4) is 0 Å². The smallest absolute Gasteiger partial charge is 0.172 e. The fraction of sp³-hybridized carbons (Fsp3) is 0.769. The van der Waals surface area contributed by atoms with E-state index in [0.717, 1.165) is 13.0 Å². The van der Waals surface area contributed by atoms with Crippen LogP contribution in [0.3, 0.4) is 0 Å². The number of likely N-dealkylation sites (N-methyl/N-ethyl adjacent to an activating group) is 1. The molecule has 2 rings (SSSR count). The van der Waals surface area contributed by atoms with Crippen molar-refractivity contribution in [1.82, 2.24) is 10.2 Å². The van der Waals surface area contributed by atoms with E-state index in [1.165, 1.54) is 44.8 Å². The predicted molar refractivity (Wildman–Crippen MR) is 67.6 cm³/mol. The Kier molecular flexibility index (Phi) is 6.34. The van der Waals surface area contributed by atoms with Crippen molar-refractivity contribution >= 4 is 5.78 Å². The Morgan fingerprint density at radius 3 is 2.44 bits per heavy atom. The molecule has 0 aromatic rings. The normalized spacial score (nSPS) is 25.7. The molecule has 1 unspecified atom stereocenters. The maximum absolute atomic E-state index is 11.2. The van der Waals surface area contributed by atoms with E-state index in [2.05, 4.69) is 16.8 Å². The van der Waals surface area contributed by atoms with Crippen molar-refractivity contribution in [3.05, 3.63) is 12.7 Å². The van der Waals surface area contributed by atoms with Crippen LogP contribution < -0.4 is 5.32 Å². The van der Waals surface area contributed by atoms with Crippen LogP contribution in [-0.4, -0.2) is 43.4 Å². The molecular weight excluding hydrogens is 200 g/mol. The van der Waals surface area contributed by atoms with Crippen LogP contribution in [-0.2, 0) is 4.79 Å². The van der Waals surface area contributed by atoms with Gasteiger partial charge in [0.1, 0.15) is 0 Å². The standard InChI is InChI=1S/C9H15NO.C4H9N/c1-3-9(11)8-6-4-5-7-10(8)2;1-2-4-5-3-1/h3,8H,1,4-7H2,2H3;5H,1-4H2. The molecule has 0 aliphatic carbocycles. The Bertz CT molecular complexity index is 216. The van der Waals surface area contributed by atoms with Gasteiger partial charge in [-0.1, -0.05) is 13.0 Å². The fourth-order valence-electron chi connectivity index (χ4n) is 2.20. The van der Waals surface area contributed by atoms with E-state index in [4.69, 9.17) is 0 Å². The fourth-order valence-corrected chi connectivity index (χ4v) is 2.20. The number of likely N-dealkylation sites (tertiary alicyclic amines) is 1. The summed E-state index contributed by atoms with van der Waals surface area (Å²) in [4.78, 5) is 13.3. The molecule has 0 saturated carbocycles. The van der Waals surface area contributed by atoms with Crippen molar-refractivity contribution in [2.75, 3.05) is 26.7 Å². The zero-order valence-corrected chi connectivity index (χ0v) is 10.4. The Labute approximate surface area is 98.9 Å². The van der Waals surface area contributed by atoms with Crippen LogP contribution in [0.15, 0.2) is 12.7 Å². The number of piperidine rings is 1. The topological polar surface area (TPSA) is 32.3 Å². The third-order valence-electron chi connectivity index (χ3n) is 3.26. The van der Waals surface area contributed by atoms with Crippen molar-refractivity contribution < 1.29 is 4.79 Å². The molecular formula is C13H24N2O. The zero-order valence-electron chi connectivity index (χ0n) is 10.4. The SMILES string of the molecule is C1CCNC1.C=CC(=O)C1CCCCN1C. The molecule has 1 atom stereocenters. The second kappa shape index (κ2) is 7.58. The van der Waals surface area contributed by atoms with E-state index in [0.29, 0.717) is 0 Å². The van der Waals surface area contributed by atoms with Gasteiger partial charge < -0.3 is 5.32 Å². The first kappa shape index (κ1) is 13.4. The third kappa shape index (κ3) is 4.45. The Morgan fingerprint density at radius 2 is 2.00 bits per heavy atom. The summed E-state index contributed by atoms with van der Waals surface area (Å²) in [7, 11) is 2.01. The van der Waals surface area contributed by atoms with Crippen LogP contribution in [0.25, 0.3) is 0 Å². The number of carbonyl (C=O) groups is 1. The van der Waals surface area contributed by atoms with E-state index in [-0.39, 0.29) is 11.8 Å². The minimum Gasteiger partial charge on any atom is -0.317 e. The highest BCUT2D eigenvalue weighted by Crippen LogP contribution is 2.15. The zero-order chi connectivity index (χ0) is 11.8. The monoisotopic (exact) mass is 224 g/mol. The first-order chi connectivity index (χ1) is 7.75. The van der Waals surface area contributed by atoms with E-state index in [1.54, 1.807) is 0 Å². The van der Waals surface area contributed by atoms with E-state index in [1.807, 2.05) is 7.05 Å². The van der Waals surface area contributed by atoms with Gasteiger partial charge in [0, 0.05) is 0 Å². The van der Waals surface area contributed by atoms with Gasteiger partial charge in [-0.2, -0.15) is 0 Å². The van der Waals surface area contributed by atoms with Gasteiger partial charge >= 0.3 is 0 Å². The van der Waals surface area contributed by atoms with Crippen LogP contribution in [0.2, 0.25) is 0 Å². The van der Waals surface area contributed by atoms with Crippen molar-refractivity contribution in [1.29, 1.82) is 0 Å². The lowest BCUT2D eigenvalue weighted by atomic mass is 9.99. The third-order valence-corrected chi connectivity index (χ3v) is 3.26. The number of carbonyl (C=O) groups excluding carboxylic acids is 1. The highest BCUT2D eigenvalue weighted by atomic mass is 16.1. The molecule has 2 heterocycles. The lowest BCUT2D eigenvalue weighted by molar-refractivity contribution is -0.120. The van der Waals surface area contributed by atoms with Gasteiger partial charge in [0.2, 0.25) is 0 Å². The highest BCUT2D eigenvalue weighted by Gasteiger charge is 2.23. The maximum atomic E-state index is 11.2. The quantitative estimate of drug-likeness (QED) is 0.723. The molecule has 0 spiro atoms. The van der Waals surface area contributed by atoms with Crippen LogP contribution in [0.5, 0.6) is 0 Å². The average Bonchev–Trinajstić information content (AvgIpc) is 2.87. The molecule has 92 valence electrons. The summed E-state index contributed by atoms with van der Waals surface area (Å²) >= 11 is 0. The molecule has 0 bridgehead atoms. The summed E-state index contributed by atoms with van der Waals surface area (Å²) in [6.45, 7) is 7.04. The molecule has 2 fully saturated rings. The largest absolute Gasteiger partial charge is 0.317 e. The van der Waals surface area contributed by atoms with Gasteiger partial charge in [0.15, 0.2) is 5.78 Å². The molecule has 16 heavy (non-hydrogen) atoms. The Morgan fingerprint density at radius 1 is 1.31 bits per heavy atom. The van der Waals surface area contributed by atoms with Crippen LogP contribution >= 0.6 is 0 Å². The van der Waals surface area contributed by atoms with Gasteiger partial charge in [-0.3, -0.25) is 9.69 Å². The molecule has 0 aromatic heterocycles. The minimum atomic E-state index is 0.112. The summed E-state index contributed by atoms with van der Waals surface area (Å²) in [6.07, 6.45) is 7.61. The van der Waals surface area contributed by atoms with Gasteiger partial charge in [0.05, 0.1) is 6.04 Å². The van der Waals surface area contributed by atoms with Gasteiger partial charge in [-0.05, 0) is 58.4 Å². The van der Waals surface area contributed by atoms with Crippen molar-refractivity contribution in [2.24, 2.45) is 0 Å². The van der Waals surface area contributed by atoms with E-state index in [9.17, 15) is 4.79 Å². The summed E-state index contributed by atoms with van der Waals surface area (Å²) in [5.74, 6) is 0.173.